The number of ether oxygens (including phenoxy) is 12. The molecule has 0 amide bonds. The lowest BCUT2D eigenvalue weighted by Crippen LogP contribution is -2.15. The van der Waals surface area contributed by atoms with E-state index in [1.54, 1.807) is 0 Å². The van der Waals surface area contributed by atoms with E-state index >= 15 is 0 Å². The van der Waals surface area contributed by atoms with E-state index in [0.717, 1.165) is 67.5 Å². The number of rotatable bonds is 0. The van der Waals surface area contributed by atoms with Crippen LogP contribution in [0.15, 0.2) is 132 Å². The van der Waals surface area contributed by atoms with E-state index in [9.17, 15) is 0 Å². The normalized spacial score (nSPS) is 17.3. The summed E-state index contributed by atoms with van der Waals surface area (Å²) in [6, 6.07) is 40.5. The molecule has 0 unspecified atom stereocenters. The van der Waals surface area contributed by atoms with Crippen molar-refractivity contribution in [3.63, 3.8) is 0 Å². The first kappa shape index (κ1) is 50.4. The summed E-state index contributed by atoms with van der Waals surface area (Å²) in [4.78, 5) is 0. The maximum absolute atomic E-state index is 6.80. The molecule has 14 heteroatoms. The summed E-state index contributed by atoms with van der Waals surface area (Å²) in [5.41, 5.74) is 9.62. The average Bonchev–Trinajstić information content (AvgIpc) is 3.39. The summed E-state index contributed by atoms with van der Waals surface area (Å²) in [6.45, 7) is 7.11. The molecule has 0 saturated heterocycles. The van der Waals surface area contributed by atoms with Gasteiger partial charge in [0.25, 0.3) is 0 Å². The van der Waals surface area contributed by atoms with E-state index in [1.165, 1.54) is 0 Å². The molecule has 14 nitrogen and oxygen atoms in total. The van der Waals surface area contributed by atoms with Gasteiger partial charge in [-0.15, -0.1) is 0 Å². The molecule has 0 atom stereocenters. The highest BCUT2D eigenvalue weighted by Crippen LogP contribution is 2.39. The molecule has 7 heterocycles. The van der Waals surface area contributed by atoms with Crippen molar-refractivity contribution in [2.75, 3.05) is 119 Å². The molecule has 378 valence electrons. The second-order valence-electron chi connectivity index (χ2n) is 17.3. The summed E-state index contributed by atoms with van der Waals surface area (Å²) < 4.78 is 74.8. The summed E-state index contributed by atoms with van der Waals surface area (Å²) >= 11 is 0. The van der Waals surface area contributed by atoms with Crippen LogP contribution in [0.1, 0.15) is 44.5 Å². The summed E-state index contributed by atoms with van der Waals surface area (Å²) in [5.74, 6) is 4.66. The van der Waals surface area contributed by atoms with E-state index in [2.05, 4.69) is 83.0 Å². The van der Waals surface area contributed by atoms with Gasteiger partial charge < -0.3 is 56.8 Å². The third kappa shape index (κ3) is 14.8. The smallest absolute Gasteiger partial charge is 0.126 e. The maximum Gasteiger partial charge on any atom is 0.126 e. The Morgan fingerprint density at radius 1 is 0.222 bits per heavy atom. The van der Waals surface area contributed by atoms with Gasteiger partial charge in [-0.3, -0.25) is 0 Å². The molecule has 6 aromatic rings. The average molecular weight is 981 g/mol. The Balaban J connectivity index is 1.07. The van der Waals surface area contributed by atoms with Crippen LogP contribution in [-0.4, -0.2) is 119 Å². The third-order valence-electron chi connectivity index (χ3n) is 12.2. The van der Waals surface area contributed by atoms with Gasteiger partial charge in [-0.2, -0.15) is 10.2 Å². The lowest BCUT2D eigenvalue weighted by molar-refractivity contribution is -0.00706. The van der Waals surface area contributed by atoms with Crippen molar-refractivity contribution in [1.82, 2.24) is 0 Å². The van der Waals surface area contributed by atoms with Gasteiger partial charge >= 0.3 is 0 Å². The van der Waals surface area contributed by atoms with E-state index in [1.807, 2.05) is 48.5 Å². The minimum atomic E-state index is 0.330. The predicted molar refractivity (Wildman–Crippen MR) is 272 cm³/mol. The van der Waals surface area contributed by atoms with Gasteiger partial charge in [0.1, 0.15) is 74.1 Å². The molecule has 8 aliphatic rings. The number of hydrogen-bond acceptors (Lipinski definition) is 14. The van der Waals surface area contributed by atoms with Gasteiger partial charge in [0.2, 0.25) is 0 Å². The third-order valence-corrected chi connectivity index (χ3v) is 12.2. The van der Waals surface area contributed by atoms with Crippen LogP contribution >= 0.6 is 0 Å². The Hall–Kier alpha value is -6.52. The highest BCUT2D eigenvalue weighted by molar-refractivity contribution is 5.56. The van der Waals surface area contributed by atoms with Crippen LogP contribution in [0.5, 0.6) is 34.5 Å². The highest BCUT2D eigenvalue weighted by Gasteiger charge is 2.22. The van der Waals surface area contributed by atoms with Crippen LogP contribution < -0.4 is 28.4 Å². The Kier molecular flexibility index (Phi) is 19.1. The zero-order valence-corrected chi connectivity index (χ0v) is 40.9. The van der Waals surface area contributed by atoms with E-state index in [0.29, 0.717) is 167 Å². The van der Waals surface area contributed by atoms with Crippen LogP contribution in [0.25, 0.3) is 0 Å². The largest absolute Gasteiger partial charge is 0.491 e. The fraction of sp³-hybridized carbons (Fsp3) is 0.379. The number of hydrogen-bond donors (Lipinski definition) is 0. The second-order valence-corrected chi connectivity index (χ2v) is 17.3. The van der Waals surface area contributed by atoms with Crippen LogP contribution in [0.4, 0.5) is 11.4 Å². The molecule has 7 aliphatic heterocycles. The standard InChI is InChI=1S/C58H64N2O12/c1-5-43-39-47-9-3-11-49-41-45-7-2-8-46-42-50-12-4-10-48(40-44(6-1)55(43)69-35-29-63-25-23-61-21-22-62-24-26-64-30-36-70-56(45)46)58(50)72-38-32-66-28-34-68-54-19-15-52(16-20-54)60-59-51-13-17-53(18-14-51)67-33-27-65-31-37-71-57(47)49/h1-20H,21-42H2. The Labute approximate surface area is 422 Å². The molecule has 0 aromatic heterocycles. The molecule has 72 heavy (non-hydrogen) atoms. The molecule has 0 fully saturated rings. The van der Waals surface area contributed by atoms with E-state index in [-0.39, 0.29) is 0 Å². The fourth-order valence-electron chi connectivity index (χ4n) is 8.77. The van der Waals surface area contributed by atoms with E-state index < -0.39 is 0 Å². The molecule has 16 bridgehead atoms. The second kappa shape index (κ2) is 27.3. The first-order chi connectivity index (χ1) is 35.7. The predicted octanol–water partition coefficient (Wildman–Crippen LogP) is 9.88. The van der Waals surface area contributed by atoms with Crippen LogP contribution in [0, 0.1) is 0 Å². The summed E-state index contributed by atoms with van der Waals surface area (Å²) in [6.07, 6.45) is 2.20. The maximum atomic E-state index is 6.80. The number of para-hydroxylation sites is 4. The minimum absolute atomic E-state index is 0.330. The van der Waals surface area contributed by atoms with Crippen molar-refractivity contribution in [1.29, 1.82) is 0 Å². The van der Waals surface area contributed by atoms with Crippen LogP contribution in [-0.2, 0) is 54.1 Å². The molecule has 0 radical (unpaired) electrons. The molecule has 0 spiro atoms. The zero-order valence-electron chi connectivity index (χ0n) is 40.9. The van der Waals surface area contributed by atoms with Crippen molar-refractivity contribution in [2.24, 2.45) is 10.2 Å². The van der Waals surface area contributed by atoms with Crippen LogP contribution in [0.3, 0.4) is 0 Å². The summed E-state index contributed by atoms with van der Waals surface area (Å²) in [5, 5.41) is 8.78. The first-order valence-electron chi connectivity index (χ1n) is 25.0. The van der Waals surface area contributed by atoms with Crippen molar-refractivity contribution in [2.45, 2.75) is 25.7 Å². The van der Waals surface area contributed by atoms with Gasteiger partial charge in [-0.05, 0) is 93.0 Å². The van der Waals surface area contributed by atoms with Gasteiger partial charge in [0.05, 0.1) is 90.7 Å². The molecule has 6 aromatic carbocycles. The Morgan fingerprint density at radius 2 is 0.431 bits per heavy atom. The Morgan fingerprint density at radius 3 is 0.667 bits per heavy atom. The Bertz CT molecular complexity index is 2380. The SMILES string of the molecule is c1cc2c3c(c1)Cc1cccc4c1OCCOCCOc1ccc(cc1)N=Nc1ccc(cc1)OCCOCCOc1c(cccc1Cc1cccc(c1OCCOCCOCCOCCOCCO3)C4)C2. The molecule has 14 rings (SSSR count). The minimum Gasteiger partial charge on any atom is -0.491 e. The van der Waals surface area contributed by atoms with Gasteiger partial charge in [0, 0.05) is 25.7 Å². The lowest BCUT2D eigenvalue weighted by atomic mass is 9.91. The van der Waals surface area contributed by atoms with Crippen LogP contribution in [0.2, 0.25) is 0 Å². The van der Waals surface area contributed by atoms with E-state index in [4.69, 9.17) is 56.8 Å². The van der Waals surface area contributed by atoms with Crippen molar-refractivity contribution < 1.29 is 56.8 Å². The number of benzene rings is 6. The zero-order chi connectivity index (χ0) is 48.8. The molecule has 0 saturated carbocycles. The number of azo groups is 1. The van der Waals surface area contributed by atoms with Gasteiger partial charge in [-0.25, -0.2) is 0 Å². The summed E-state index contributed by atoms with van der Waals surface area (Å²) in [7, 11) is 0. The van der Waals surface area contributed by atoms with Gasteiger partial charge in [-0.1, -0.05) is 72.8 Å². The van der Waals surface area contributed by atoms with Gasteiger partial charge in [0.15, 0.2) is 0 Å². The van der Waals surface area contributed by atoms with Crippen molar-refractivity contribution >= 4 is 11.4 Å². The fourth-order valence-corrected chi connectivity index (χ4v) is 8.77. The first-order valence-corrected chi connectivity index (χ1v) is 25.0. The lowest BCUT2D eigenvalue weighted by Gasteiger charge is -2.23. The quantitative estimate of drug-likeness (QED) is 0.143. The van der Waals surface area contributed by atoms with Crippen molar-refractivity contribution in [3.05, 3.63) is 166 Å². The topological polar surface area (TPSA) is 135 Å². The molecule has 0 N–H and O–H groups in total. The molecular formula is C58H64N2O12. The molecule has 1 aliphatic carbocycles. The monoisotopic (exact) mass is 980 g/mol. The molecular weight excluding hydrogens is 917 g/mol. The number of nitrogens with zero attached hydrogens (tertiary/aromatic N) is 2. The highest BCUT2D eigenvalue weighted by atomic mass is 16.6. The van der Waals surface area contributed by atoms with Crippen molar-refractivity contribution in [3.8, 4) is 34.5 Å².